The van der Waals surface area contributed by atoms with Gasteiger partial charge in [0.15, 0.2) is 0 Å². The van der Waals surface area contributed by atoms with Gasteiger partial charge in [-0.3, -0.25) is 18.7 Å². The Labute approximate surface area is 218 Å². The fourth-order valence-corrected chi connectivity index (χ4v) is 7.42. The van der Waals surface area contributed by atoms with Gasteiger partial charge >= 0.3 is 5.69 Å². The molecule has 3 heterocycles. The minimum absolute atomic E-state index is 0.0281. The predicted octanol–water partition coefficient (Wildman–Crippen LogP) is 3.78. The maximum absolute atomic E-state index is 14.1. The molecule has 9 heteroatoms. The van der Waals surface area contributed by atoms with Gasteiger partial charge in [0.05, 0.1) is 11.6 Å². The molecule has 0 atom stereocenters. The van der Waals surface area contributed by atoms with Gasteiger partial charge in [-0.05, 0) is 80.1 Å². The zero-order chi connectivity index (χ0) is 25.5. The summed E-state index contributed by atoms with van der Waals surface area (Å²) in [5, 5.41) is 3.39. The Morgan fingerprint density at radius 2 is 1.59 bits per heavy atom. The molecule has 2 aliphatic carbocycles. The van der Waals surface area contributed by atoms with Gasteiger partial charge in [-0.1, -0.05) is 24.3 Å². The molecule has 2 fully saturated rings. The highest BCUT2D eigenvalue weighted by molar-refractivity contribution is 7.99. The molecule has 6 rings (SSSR count). The summed E-state index contributed by atoms with van der Waals surface area (Å²) in [5.74, 6) is 1.34. The number of hydrogen-bond donors (Lipinski definition) is 1. The van der Waals surface area contributed by atoms with Crippen LogP contribution in [0.5, 0.6) is 0 Å². The summed E-state index contributed by atoms with van der Waals surface area (Å²) in [4.78, 5) is 44.3. The van der Waals surface area contributed by atoms with Crippen LogP contribution in [0.15, 0.2) is 46.1 Å². The van der Waals surface area contributed by atoms with E-state index in [9.17, 15) is 18.8 Å². The van der Waals surface area contributed by atoms with E-state index < -0.39 is 11.4 Å². The smallest absolute Gasteiger partial charge is 0.333 e. The van der Waals surface area contributed by atoms with Gasteiger partial charge in [-0.2, -0.15) is 11.8 Å². The minimum atomic E-state index is -0.582. The lowest BCUT2D eigenvalue weighted by Gasteiger charge is -2.32. The number of rotatable bonds is 4. The van der Waals surface area contributed by atoms with Gasteiger partial charge in [0, 0.05) is 24.0 Å². The molecule has 7 nitrogen and oxygen atoms in total. The van der Waals surface area contributed by atoms with E-state index in [4.69, 9.17) is 0 Å². The van der Waals surface area contributed by atoms with Crippen molar-refractivity contribution in [2.75, 3.05) is 11.5 Å². The molecule has 1 aromatic carbocycles. The molecule has 1 N–H and O–H groups in total. The number of carbonyl (C=O) groups excluding carboxylic acids is 1. The second-order valence-electron chi connectivity index (χ2n) is 10.6. The number of nitrogens with one attached hydrogen (secondary N) is 1. The number of halogens is 1. The Bertz CT molecular complexity index is 1430. The number of amides is 1. The number of aromatic nitrogens is 3. The summed E-state index contributed by atoms with van der Waals surface area (Å²) in [6.07, 6.45) is 6.88. The monoisotopic (exact) mass is 522 g/mol. The first-order chi connectivity index (χ1) is 18.0. The van der Waals surface area contributed by atoms with E-state index in [0.717, 1.165) is 43.4 Å². The van der Waals surface area contributed by atoms with E-state index in [1.165, 1.54) is 21.8 Å². The lowest BCUT2D eigenvalue weighted by Crippen LogP contribution is -2.47. The van der Waals surface area contributed by atoms with Crippen LogP contribution in [0, 0.1) is 11.7 Å². The number of hydrogen-bond acceptors (Lipinski definition) is 5. The molecule has 194 valence electrons. The third kappa shape index (κ3) is 4.62. The van der Waals surface area contributed by atoms with E-state index in [2.05, 4.69) is 22.4 Å². The van der Waals surface area contributed by atoms with Crippen molar-refractivity contribution in [1.29, 1.82) is 0 Å². The summed E-state index contributed by atoms with van der Waals surface area (Å²) in [6, 6.07) is 9.13. The van der Waals surface area contributed by atoms with E-state index in [0.29, 0.717) is 25.7 Å². The second-order valence-corrected chi connectivity index (χ2v) is 11.8. The molecule has 2 aromatic heterocycles. The average Bonchev–Trinajstić information content (AvgIpc) is 3.36. The van der Waals surface area contributed by atoms with E-state index in [1.807, 2.05) is 23.9 Å². The van der Waals surface area contributed by atoms with Gasteiger partial charge in [-0.25, -0.2) is 14.2 Å². The van der Waals surface area contributed by atoms with E-state index >= 15 is 0 Å². The van der Waals surface area contributed by atoms with Crippen LogP contribution in [0.1, 0.15) is 61.7 Å². The molecule has 1 amide bonds. The Morgan fingerprint density at radius 3 is 2.27 bits per heavy atom. The quantitative estimate of drug-likeness (QED) is 0.564. The van der Waals surface area contributed by atoms with Gasteiger partial charge in [-0.15, -0.1) is 0 Å². The normalized spacial score (nSPS) is 22.7. The highest BCUT2D eigenvalue weighted by Gasteiger charge is 2.32. The molecule has 0 radical (unpaired) electrons. The van der Waals surface area contributed by atoms with Crippen molar-refractivity contribution in [3.8, 4) is 0 Å². The van der Waals surface area contributed by atoms with Crippen LogP contribution < -0.4 is 16.6 Å². The molecular weight excluding hydrogens is 491 g/mol. The van der Waals surface area contributed by atoms with Gasteiger partial charge in [0.1, 0.15) is 11.5 Å². The van der Waals surface area contributed by atoms with Crippen molar-refractivity contribution in [3.05, 3.63) is 74.3 Å². The van der Waals surface area contributed by atoms with Crippen LogP contribution in [-0.2, 0) is 17.6 Å². The number of carbonyl (C=O) groups is 1. The van der Waals surface area contributed by atoms with Crippen LogP contribution >= 0.6 is 11.8 Å². The second kappa shape index (κ2) is 10.1. The first kappa shape index (κ1) is 24.4. The van der Waals surface area contributed by atoms with Crippen LogP contribution in [0.4, 0.5) is 4.39 Å². The number of nitrogens with zero attached hydrogens (tertiary/aromatic N) is 3. The Kier molecular flexibility index (Phi) is 6.65. The molecule has 3 aliphatic rings. The number of benzene rings is 1. The van der Waals surface area contributed by atoms with Crippen LogP contribution in [0.2, 0.25) is 0 Å². The van der Waals surface area contributed by atoms with Crippen LogP contribution in [0.25, 0.3) is 11.0 Å². The van der Waals surface area contributed by atoms with Crippen molar-refractivity contribution in [2.45, 2.75) is 69.5 Å². The molecule has 0 unspecified atom stereocenters. The predicted molar refractivity (Wildman–Crippen MR) is 143 cm³/mol. The largest absolute Gasteiger partial charge is 0.353 e. The molecule has 37 heavy (non-hydrogen) atoms. The molecule has 3 aromatic rings. The molecule has 1 aliphatic heterocycles. The standard InChI is InChI=1S/C28H31FN4O3S/c29-20-15-24-25(30-16-20)32(23-9-11-37-12-10-23)28(36)33(27(24)35)22-7-5-21(6-8-22)31-26(34)19-13-17-3-1-2-4-18(17)14-19/h1-4,15-16,19,21-23H,5-14H2,(H,31,34)/t21-,22+. The van der Waals surface area contributed by atoms with Crippen molar-refractivity contribution < 1.29 is 9.18 Å². The van der Waals surface area contributed by atoms with Crippen LogP contribution in [-0.4, -0.2) is 37.6 Å². The first-order valence-electron chi connectivity index (χ1n) is 13.3. The zero-order valence-corrected chi connectivity index (χ0v) is 21.5. The molecule has 1 saturated carbocycles. The summed E-state index contributed by atoms with van der Waals surface area (Å²) in [7, 11) is 0. The van der Waals surface area contributed by atoms with Crippen molar-refractivity contribution in [3.63, 3.8) is 0 Å². The summed E-state index contributed by atoms with van der Waals surface area (Å²) >= 11 is 1.85. The van der Waals surface area contributed by atoms with Crippen molar-refractivity contribution >= 4 is 28.7 Å². The third-order valence-electron chi connectivity index (χ3n) is 8.31. The SMILES string of the molecule is O=C(N[C@H]1CC[C@@H](n2c(=O)c3cc(F)cnc3n(C3CCSCC3)c2=O)CC1)C1Cc2ccccc2C1. The molecule has 1 saturated heterocycles. The van der Waals surface area contributed by atoms with Gasteiger partial charge < -0.3 is 5.32 Å². The number of pyridine rings is 1. The minimum Gasteiger partial charge on any atom is -0.353 e. The van der Waals surface area contributed by atoms with E-state index in [-0.39, 0.29) is 46.7 Å². The van der Waals surface area contributed by atoms with Crippen molar-refractivity contribution in [2.24, 2.45) is 5.92 Å². The highest BCUT2D eigenvalue weighted by atomic mass is 32.2. The molecule has 0 bridgehead atoms. The lowest BCUT2D eigenvalue weighted by atomic mass is 9.90. The summed E-state index contributed by atoms with van der Waals surface area (Å²) in [6.45, 7) is 0. The summed E-state index contributed by atoms with van der Waals surface area (Å²) in [5.41, 5.74) is 1.97. The highest BCUT2D eigenvalue weighted by Crippen LogP contribution is 2.31. The lowest BCUT2D eigenvalue weighted by molar-refractivity contribution is -0.125. The van der Waals surface area contributed by atoms with E-state index in [1.54, 1.807) is 4.57 Å². The Hall–Kier alpha value is -2.94. The average molecular weight is 523 g/mol. The zero-order valence-electron chi connectivity index (χ0n) is 20.7. The van der Waals surface area contributed by atoms with Gasteiger partial charge in [0.2, 0.25) is 5.91 Å². The number of fused-ring (bicyclic) bond motifs is 2. The summed E-state index contributed by atoms with van der Waals surface area (Å²) < 4.78 is 17.1. The Balaban J connectivity index is 1.21. The van der Waals surface area contributed by atoms with Crippen LogP contribution in [0.3, 0.4) is 0 Å². The fourth-order valence-electron chi connectivity index (χ4n) is 6.34. The maximum atomic E-state index is 14.1. The molecule has 0 spiro atoms. The molecular formula is C28H31FN4O3S. The number of thioether (sulfide) groups is 1. The maximum Gasteiger partial charge on any atom is 0.333 e. The topological polar surface area (TPSA) is 86.0 Å². The third-order valence-corrected chi connectivity index (χ3v) is 9.36. The van der Waals surface area contributed by atoms with Gasteiger partial charge in [0.25, 0.3) is 5.56 Å². The van der Waals surface area contributed by atoms with Crippen molar-refractivity contribution in [1.82, 2.24) is 19.4 Å². The first-order valence-corrected chi connectivity index (χ1v) is 14.4. The Morgan fingerprint density at radius 1 is 0.946 bits per heavy atom. The fraction of sp³-hybridized carbons (Fsp3) is 0.500.